The van der Waals surface area contributed by atoms with Gasteiger partial charge in [0.05, 0.1) is 0 Å². The highest BCUT2D eigenvalue weighted by Gasteiger charge is 2.32. The van der Waals surface area contributed by atoms with Gasteiger partial charge in [0.2, 0.25) is 0 Å². The fourth-order valence-corrected chi connectivity index (χ4v) is 4.32. The van der Waals surface area contributed by atoms with Gasteiger partial charge in [0.25, 0.3) is 5.91 Å². The van der Waals surface area contributed by atoms with Gasteiger partial charge in [-0.3, -0.25) is 4.79 Å². The number of ether oxygens (including phenoxy) is 1. The van der Waals surface area contributed by atoms with E-state index in [1.807, 2.05) is 35.2 Å². The van der Waals surface area contributed by atoms with E-state index in [0.717, 1.165) is 36.1 Å². The molecule has 24 heavy (non-hydrogen) atoms. The van der Waals surface area contributed by atoms with Crippen LogP contribution in [-0.2, 0) is 4.79 Å². The fourth-order valence-electron chi connectivity index (χ4n) is 4.32. The largest absolute Gasteiger partial charge is 0.484 e. The van der Waals surface area contributed by atoms with E-state index in [9.17, 15) is 4.79 Å². The van der Waals surface area contributed by atoms with Crippen LogP contribution in [-0.4, -0.2) is 30.5 Å². The van der Waals surface area contributed by atoms with Crippen molar-refractivity contribution in [2.75, 3.05) is 19.7 Å². The Labute approximate surface area is 143 Å². The highest BCUT2D eigenvalue weighted by Crippen LogP contribution is 2.36. The van der Waals surface area contributed by atoms with Crippen LogP contribution in [0.5, 0.6) is 5.75 Å². The maximum absolute atomic E-state index is 12.5. The molecule has 2 aromatic rings. The van der Waals surface area contributed by atoms with Crippen LogP contribution in [0.1, 0.15) is 32.1 Å². The van der Waals surface area contributed by atoms with Crippen molar-refractivity contribution in [2.24, 2.45) is 11.8 Å². The summed E-state index contributed by atoms with van der Waals surface area (Å²) in [5, 5.41) is 2.33. The molecule has 0 spiro atoms. The van der Waals surface area contributed by atoms with E-state index < -0.39 is 0 Å². The Morgan fingerprint density at radius 2 is 1.79 bits per heavy atom. The molecule has 1 aliphatic carbocycles. The number of hydrogen-bond donors (Lipinski definition) is 0. The number of nitrogens with zero attached hydrogens (tertiary/aromatic N) is 1. The lowest BCUT2D eigenvalue weighted by Crippen LogP contribution is -2.46. The van der Waals surface area contributed by atoms with E-state index in [2.05, 4.69) is 12.1 Å². The third kappa shape index (κ3) is 3.26. The van der Waals surface area contributed by atoms with Gasteiger partial charge < -0.3 is 9.64 Å². The summed E-state index contributed by atoms with van der Waals surface area (Å²) in [5.74, 6) is 2.48. The fraction of sp³-hybridized carbons (Fsp3) is 0.476. The molecule has 0 aromatic heterocycles. The minimum Gasteiger partial charge on any atom is -0.484 e. The molecule has 3 nitrogen and oxygen atoms in total. The van der Waals surface area contributed by atoms with Crippen molar-refractivity contribution in [3.05, 3.63) is 42.5 Å². The van der Waals surface area contributed by atoms with Crippen LogP contribution in [0.2, 0.25) is 0 Å². The number of hydrogen-bond acceptors (Lipinski definition) is 2. The van der Waals surface area contributed by atoms with Gasteiger partial charge in [-0.1, -0.05) is 49.6 Å². The Kier molecular flexibility index (Phi) is 4.42. The summed E-state index contributed by atoms with van der Waals surface area (Å²) in [6.07, 6.45) is 6.53. The highest BCUT2D eigenvalue weighted by molar-refractivity contribution is 5.84. The topological polar surface area (TPSA) is 29.5 Å². The lowest BCUT2D eigenvalue weighted by molar-refractivity contribution is -0.136. The normalized spacial score (nSPS) is 23.8. The van der Waals surface area contributed by atoms with E-state index in [1.165, 1.54) is 37.5 Å². The first-order chi connectivity index (χ1) is 11.8. The quantitative estimate of drug-likeness (QED) is 0.845. The Bertz CT molecular complexity index is 727. The number of carbonyl (C=O) groups is 1. The average molecular weight is 323 g/mol. The Morgan fingerprint density at radius 1 is 1.00 bits per heavy atom. The third-order valence-electron chi connectivity index (χ3n) is 5.73. The van der Waals surface area contributed by atoms with Crippen molar-refractivity contribution in [3.63, 3.8) is 0 Å². The number of carbonyl (C=O) groups excluding carboxylic acids is 1. The summed E-state index contributed by atoms with van der Waals surface area (Å²) in [4.78, 5) is 14.5. The van der Waals surface area contributed by atoms with Crippen molar-refractivity contribution >= 4 is 16.7 Å². The molecule has 3 heteroatoms. The zero-order chi connectivity index (χ0) is 16.4. The van der Waals surface area contributed by atoms with Crippen LogP contribution in [0.25, 0.3) is 10.8 Å². The summed E-state index contributed by atoms with van der Waals surface area (Å²) < 4.78 is 5.77. The van der Waals surface area contributed by atoms with Crippen LogP contribution >= 0.6 is 0 Å². The smallest absolute Gasteiger partial charge is 0.260 e. The van der Waals surface area contributed by atoms with Crippen molar-refractivity contribution in [1.82, 2.24) is 4.90 Å². The molecule has 1 heterocycles. The second-order valence-electron chi connectivity index (χ2n) is 7.23. The number of amides is 1. The van der Waals surface area contributed by atoms with Crippen molar-refractivity contribution in [2.45, 2.75) is 32.1 Å². The van der Waals surface area contributed by atoms with Gasteiger partial charge in [-0.05, 0) is 47.6 Å². The van der Waals surface area contributed by atoms with Gasteiger partial charge in [-0.15, -0.1) is 0 Å². The standard InChI is InChI=1S/C21H25NO2/c23-21(22-12-11-17-6-2-4-8-19(17)14-22)15-24-20-10-9-16-5-1-3-7-18(16)13-20/h1,3,5,7,9-10,13,17,19H,2,4,6,8,11-12,14-15H2/t17-,19-/m0/s1. The van der Waals surface area contributed by atoms with Crippen molar-refractivity contribution < 1.29 is 9.53 Å². The molecule has 1 aliphatic heterocycles. The monoisotopic (exact) mass is 323 g/mol. The molecule has 1 saturated carbocycles. The second kappa shape index (κ2) is 6.84. The van der Waals surface area contributed by atoms with Gasteiger partial charge in [-0.2, -0.15) is 0 Å². The third-order valence-corrected chi connectivity index (χ3v) is 5.73. The maximum Gasteiger partial charge on any atom is 0.260 e. The number of fused-ring (bicyclic) bond motifs is 2. The summed E-state index contributed by atoms with van der Waals surface area (Å²) in [6, 6.07) is 14.2. The van der Waals surface area contributed by atoms with Gasteiger partial charge >= 0.3 is 0 Å². The predicted octanol–water partition coefficient (Wildman–Crippen LogP) is 4.26. The van der Waals surface area contributed by atoms with Crippen molar-refractivity contribution in [1.29, 1.82) is 0 Å². The lowest BCUT2D eigenvalue weighted by Gasteiger charge is -2.41. The van der Waals surface area contributed by atoms with Gasteiger partial charge in [0.1, 0.15) is 5.75 Å². The molecule has 0 unspecified atom stereocenters. The molecule has 0 N–H and O–H groups in total. The van der Waals surface area contributed by atoms with E-state index in [-0.39, 0.29) is 12.5 Å². The molecule has 2 aromatic carbocycles. The minimum absolute atomic E-state index is 0.132. The van der Waals surface area contributed by atoms with E-state index in [0.29, 0.717) is 0 Å². The number of piperidine rings is 1. The van der Waals surface area contributed by atoms with Crippen LogP contribution in [0, 0.1) is 11.8 Å². The zero-order valence-electron chi connectivity index (χ0n) is 14.1. The number of benzene rings is 2. The minimum atomic E-state index is 0.132. The first-order valence-electron chi connectivity index (χ1n) is 9.19. The number of likely N-dealkylation sites (tertiary alicyclic amines) is 1. The van der Waals surface area contributed by atoms with Crippen LogP contribution in [0.3, 0.4) is 0 Å². The molecule has 4 rings (SSSR count). The van der Waals surface area contributed by atoms with Gasteiger partial charge in [-0.25, -0.2) is 0 Å². The SMILES string of the molecule is O=C(COc1ccc2ccccc2c1)N1CC[C@@H]2CCCC[C@H]2C1. The van der Waals surface area contributed by atoms with E-state index in [4.69, 9.17) is 4.74 Å². The second-order valence-corrected chi connectivity index (χ2v) is 7.23. The Balaban J connectivity index is 1.35. The van der Waals surface area contributed by atoms with Crippen LogP contribution < -0.4 is 4.74 Å². The number of rotatable bonds is 3. The molecule has 0 radical (unpaired) electrons. The predicted molar refractivity (Wildman–Crippen MR) is 96.1 cm³/mol. The Morgan fingerprint density at radius 3 is 2.67 bits per heavy atom. The Hall–Kier alpha value is -2.03. The first kappa shape index (κ1) is 15.5. The highest BCUT2D eigenvalue weighted by atomic mass is 16.5. The van der Waals surface area contributed by atoms with Crippen LogP contribution in [0.4, 0.5) is 0 Å². The average Bonchev–Trinajstić information content (AvgIpc) is 2.65. The van der Waals surface area contributed by atoms with Crippen LogP contribution in [0.15, 0.2) is 42.5 Å². The lowest BCUT2D eigenvalue weighted by atomic mass is 9.75. The maximum atomic E-state index is 12.5. The van der Waals surface area contributed by atoms with E-state index >= 15 is 0 Å². The van der Waals surface area contributed by atoms with E-state index in [1.54, 1.807) is 0 Å². The zero-order valence-corrected chi connectivity index (χ0v) is 14.1. The molecule has 2 atom stereocenters. The molecule has 1 saturated heterocycles. The summed E-state index contributed by atoms with van der Waals surface area (Å²) >= 11 is 0. The van der Waals surface area contributed by atoms with Crippen molar-refractivity contribution in [3.8, 4) is 5.75 Å². The first-order valence-corrected chi connectivity index (χ1v) is 9.19. The molecule has 2 fully saturated rings. The molecule has 126 valence electrons. The van der Waals surface area contributed by atoms with Gasteiger partial charge in [0.15, 0.2) is 6.61 Å². The molecule has 0 bridgehead atoms. The molecular formula is C21H25NO2. The summed E-state index contributed by atoms with van der Waals surface area (Å²) in [5.41, 5.74) is 0. The summed E-state index contributed by atoms with van der Waals surface area (Å²) in [7, 11) is 0. The molecule has 2 aliphatic rings. The molecule has 1 amide bonds. The summed E-state index contributed by atoms with van der Waals surface area (Å²) in [6.45, 7) is 1.99. The van der Waals surface area contributed by atoms with Gasteiger partial charge in [0, 0.05) is 13.1 Å². The molecular weight excluding hydrogens is 298 g/mol.